The molecule has 0 radical (unpaired) electrons. The highest BCUT2D eigenvalue weighted by Gasteiger charge is 2.40. The first-order valence-corrected chi connectivity index (χ1v) is 6.62. The lowest BCUT2D eigenvalue weighted by atomic mass is 9.78. The minimum Gasteiger partial charge on any atom is -0.481 e. The Hall–Kier alpha value is -1.10. The van der Waals surface area contributed by atoms with Crippen molar-refractivity contribution >= 4 is 11.9 Å². The van der Waals surface area contributed by atoms with E-state index in [0.717, 1.165) is 12.8 Å². The summed E-state index contributed by atoms with van der Waals surface area (Å²) in [6.45, 7) is 2.64. The van der Waals surface area contributed by atoms with E-state index < -0.39 is 17.5 Å². The van der Waals surface area contributed by atoms with E-state index in [1.165, 1.54) is 4.90 Å². The van der Waals surface area contributed by atoms with E-state index in [1.54, 1.807) is 0 Å². The number of aliphatic carboxylic acids is 1. The number of carbonyl (C=O) groups excluding carboxylic acids is 1. The van der Waals surface area contributed by atoms with E-state index in [4.69, 9.17) is 5.11 Å². The molecule has 0 spiro atoms. The van der Waals surface area contributed by atoms with Gasteiger partial charge in [-0.15, -0.1) is 0 Å². The fourth-order valence-electron chi connectivity index (χ4n) is 3.22. The van der Waals surface area contributed by atoms with E-state index in [2.05, 4.69) is 6.92 Å². The third-order valence-electron chi connectivity index (χ3n) is 4.12. The number of carboxylic acids is 1. The van der Waals surface area contributed by atoms with Crippen molar-refractivity contribution in [3.63, 3.8) is 0 Å². The smallest absolute Gasteiger partial charge is 0.308 e. The topological polar surface area (TPSA) is 77.8 Å². The maximum absolute atomic E-state index is 11.7. The zero-order chi connectivity index (χ0) is 13.3. The van der Waals surface area contributed by atoms with Crippen LogP contribution >= 0.6 is 0 Å². The first kappa shape index (κ1) is 13.3. The number of amides is 1. The Morgan fingerprint density at radius 1 is 1.56 bits per heavy atom. The fraction of sp³-hybridized carbons (Fsp3) is 0.846. The second kappa shape index (κ2) is 4.88. The number of rotatable bonds is 3. The summed E-state index contributed by atoms with van der Waals surface area (Å²) in [5.41, 5.74) is -0.819. The van der Waals surface area contributed by atoms with Crippen molar-refractivity contribution in [1.29, 1.82) is 0 Å². The van der Waals surface area contributed by atoms with Gasteiger partial charge in [-0.05, 0) is 18.8 Å². The third-order valence-corrected chi connectivity index (χ3v) is 4.12. The van der Waals surface area contributed by atoms with Crippen LogP contribution in [0.3, 0.4) is 0 Å². The summed E-state index contributed by atoms with van der Waals surface area (Å²) < 4.78 is 0. The predicted molar refractivity (Wildman–Crippen MR) is 64.9 cm³/mol. The molecule has 3 unspecified atom stereocenters. The number of nitrogens with zero attached hydrogens (tertiary/aromatic N) is 1. The number of carboxylic acid groups (broad SMARTS) is 1. The SMILES string of the molecule is CC1CCCC(O)(CN2CC(C(=O)O)CC2=O)C1. The molecule has 2 aliphatic rings. The molecule has 3 atom stereocenters. The van der Waals surface area contributed by atoms with Crippen molar-refractivity contribution in [3.05, 3.63) is 0 Å². The summed E-state index contributed by atoms with van der Waals surface area (Å²) in [6.07, 6.45) is 3.57. The molecule has 1 aliphatic heterocycles. The molecule has 0 aromatic heterocycles. The normalized spacial score (nSPS) is 37.0. The number of likely N-dealkylation sites (tertiary alicyclic amines) is 1. The van der Waals surface area contributed by atoms with Crippen LogP contribution in [0.2, 0.25) is 0 Å². The molecule has 1 saturated carbocycles. The lowest BCUT2D eigenvalue weighted by Gasteiger charge is -2.38. The molecule has 18 heavy (non-hydrogen) atoms. The van der Waals surface area contributed by atoms with Gasteiger partial charge in [0.25, 0.3) is 0 Å². The molecule has 102 valence electrons. The van der Waals surface area contributed by atoms with Gasteiger partial charge < -0.3 is 15.1 Å². The van der Waals surface area contributed by atoms with Crippen LogP contribution in [0, 0.1) is 11.8 Å². The van der Waals surface area contributed by atoms with Crippen molar-refractivity contribution in [2.75, 3.05) is 13.1 Å². The Bertz CT molecular complexity index is 357. The summed E-state index contributed by atoms with van der Waals surface area (Å²) >= 11 is 0. The highest BCUT2D eigenvalue weighted by atomic mass is 16.4. The molecule has 2 N–H and O–H groups in total. The number of aliphatic hydroxyl groups is 1. The first-order chi connectivity index (χ1) is 8.39. The van der Waals surface area contributed by atoms with E-state index in [1.807, 2.05) is 0 Å². The molecule has 0 aromatic carbocycles. The van der Waals surface area contributed by atoms with Crippen LogP contribution in [0.25, 0.3) is 0 Å². The molecule has 0 aromatic rings. The molecular weight excluding hydrogens is 234 g/mol. The van der Waals surface area contributed by atoms with Gasteiger partial charge in [-0.2, -0.15) is 0 Å². The van der Waals surface area contributed by atoms with E-state index in [9.17, 15) is 14.7 Å². The van der Waals surface area contributed by atoms with Gasteiger partial charge in [0.05, 0.1) is 11.5 Å². The van der Waals surface area contributed by atoms with Crippen LogP contribution in [0.1, 0.15) is 39.0 Å². The molecule has 2 rings (SSSR count). The molecule has 0 bridgehead atoms. The van der Waals surface area contributed by atoms with Crippen LogP contribution < -0.4 is 0 Å². The second-order valence-corrected chi connectivity index (χ2v) is 5.94. The van der Waals surface area contributed by atoms with Gasteiger partial charge in [0.15, 0.2) is 0 Å². The predicted octanol–water partition coefficient (Wildman–Crippen LogP) is 0.861. The monoisotopic (exact) mass is 255 g/mol. The van der Waals surface area contributed by atoms with Gasteiger partial charge in [-0.1, -0.05) is 19.8 Å². The highest BCUT2D eigenvalue weighted by Crippen LogP contribution is 2.34. The van der Waals surface area contributed by atoms with Crippen molar-refractivity contribution in [1.82, 2.24) is 4.90 Å². The van der Waals surface area contributed by atoms with Gasteiger partial charge in [0.2, 0.25) is 5.91 Å². The molecule has 1 saturated heterocycles. The standard InChI is InChI=1S/C13H21NO4/c1-9-3-2-4-13(18,6-9)8-14-7-10(12(16)17)5-11(14)15/h9-10,18H,2-8H2,1H3,(H,16,17). The minimum atomic E-state index is -0.921. The van der Waals surface area contributed by atoms with E-state index >= 15 is 0 Å². The Balaban J connectivity index is 1.97. The lowest BCUT2D eigenvalue weighted by Crippen LogP contribution is -2.46. The number of β-amino-alcohol motifs (C(OH)–C–C–N with tert-alkyl or cyclic N) is 1. The Labute approximate surface area is 107 Å². The summed E-state index contributed by atoms with van der Waals surface area (Å²) in [5, 5.41) is 19.4. The summed E-state index contributed by atoms with van der Waals surface area (Å²) in [5.74, 6) is -1.21. The van der Waals surface area contributed by atoms with Crippen LogP contribution in [0.15, 0.2) is 0 Å². The lowest BCUT2D eigenvalue weighted by molar-refractivity contribution is -0.141. The Kier molecular flexibility index (Phi) is 3.61. The van der Waals surface area contributed by atoms with Crippen molar-refractivity contribution in [2.24, 2.45) is 11.8 Å². The van der Waals surface area contributed by atoms with Gasteiger partial charge in [-0.3, -0.25) is 9.59 Å². The largest absolute Gasteiger partial charge is 0.481 e. The number of carbonyl (C=O) groups is 2. The maximum atomic E-state index is 11.7. The van der Waals surface area contributed by atoms with Gasteiger partial charge in [0, 0.05) is 19.5 Å². The van der Waals surface area contributed by atoms with Gasteiger partial charge in [0.1, 0.15) is 0 Å². The summed E-state index contributed by atoms with van der Waals surface area (Å²) in [6, 6.07) is 0. The van der Waals surface area contributed by atoms with Gasteiger partial charge >= 0.3 is 5.97 Å². The highest BCUT2D eigenvalue weighted by molar-refractivity contribution is 5.86. The minimum absolute atomic E-state index is 0.0704. The van der Waals surface area contributed by atoms with Crippen molar-refractivity contribution < 1.29 is 19.8 Å². The molecule has 1 heterocycles. The van der Waals surface area contributed by atoms with Crippen molar-refractivity contribution in [3.8, 4) is 0 Å². The molecule has 1 amide bonds. The van der Waals surface area contributed by atoms with Crippen LogP contribution in [-0.4, -0.2) is 45.7 Å². The van der Waals surface area contributed by atoms with Crippen LogP contribution in [0.4, 0.5) is 0 Å². The summed E-state index contributed by atoms with van der Waals surface area (Å²) in [7, 11) is 0. The van der Waals surface area contributed by atoms with Gasteiger partial charge in [-0.25, -0.2) is 0 Å². The quantitative estimate of drug-likeness (QED) is 0.784. The fourth-order valence-corrected chi connectivity index (χ4v) is 3.22. The summed E-state index contributed by atoms with van der Waals surface area (Å²) in [4.78, 5) is 24.1. The molecule has 1 aliphatic carbocycles. The Morgan fingerprint density at radius 2 is 2.28 bits per heavy atom. The van der Waals surface area contributed by atoms with Crippen LogP contribution in [0.5, 0.6) is 0 Å². The molecule has 5 heteroatoms. The third kappa shape index (κ3) is 2.83. The zero-order valence-electron chi connectivity index (χ0n) is 10.8. The molecule has 5 nitrogen and oxygen atoms in total. The van der Waals surface area contributed by atoms with E-state index in [0.29, 0.717) is 25.3 Å². The second-order valence-electron chi connectivity index (χ2n) is 5.94. The average Bonchev–Trinajstić information content (AvgIpc) is 2.59. The van der Waals surface area contributed by atoms with Crippen LogP contribution in [-0.2, 0) is 9.59 Å². The number of hydrogen-bond acceptors (Lipinski definition) is 3. The molecule has 2 fully saturated rings. The number of hydrogen-bond donors (Lipinski definition) is 2. The van der Waals surface area contributed by atoms with E-state index in [-0.39, 0.29) is 18.9 Å². The first-order valence-electron chi connectivity index (χ1n) is 6.62. The zero-order valence-corrected chi connectivity index (χ0v) is 10.8. The Morgan fingerprint density at radius 3 is 2.83 bits per heavy atom. The maximum Gasteiger partial charge on any atom is 0.308 e. The molecular formula is C13H21NO4. The van der Waals surface area contributed by atoms with Crippen molar-refractivity contribution in [2.45, 2.75) is 44.6 Å². The average molecular weight is 255 g/mol.